The second kappa shape index (κ2) is 8.54. The van der Waals surface area contributed by atoms with Gasteiger partial charge in [0.05, 0.1) is 10.5 Å². The van der Waals surface area contributed by atoms with Gasteiger partial charge in [-0.15, -0.1) is 0 Å². The molecule has 3 aromatic rings. The lowest BCUT2D eigenvalue weighted by Gasteiger charge is -2.09. The van der Waals surface area contributed by atoms with Gasteiger partial charge in [-0.2, -0.15) is 4.98 Å². The third-order valence-corrected chi connectivity index (χ3v) is 5.72. The van der Waals surface area contributed by atoms with Crippen LogP contribution in [0, 0.1) is 13.8 Å². The molecule has 3 rings (SSSR count). The number of hydrogen-bond acceptors (Lipinski definition) is 7. The van der Waals surface area contributed by atoms with Gasteiger partial charge < -0.3 is 9.26 Å². The van der Waals surface area contributed by atoms with Crippen LogP contribution in [-0.4, -0.2) is 31.1 Å². The van der Waals surface area contributed by atoms with Crippen molar-refractivity contribution < 1.29 is 22.5 Å². The molecule has 0 atom stereocenters. The monoisotopic (exact) mass is 415 g/mol. The Hall–Kier alpha value is -3.04. The normalized spacial score (nSPS) is 11.4. The van der Waals surface area contributed by atoms with Crippen molar-refractivity contribution >= 4 is 16.0 Å². The maximum Gasteiger partial charge on any atom is 0.338 e. The zero-order chi connectivity index (χ0) is 21.0. The van der Waals surface area contributed by atoms with Crippen molar-refractivity contribution in [2.45, 2.75) is 32.3 Å². The molecule has 0 radical (unpaired) electrons. The Kier molecular flexibility index (Phi) is 6.09. The van der Waals surface area contributed by atoms with Crippen LogP contribution in [0.4, 0.5) is 0 Å². The Labute approximate surface area is 169 Å². The topological polar surface area (TPSA) is 111 Å². The number of nitrogens with one attached hydrogen (secondary N) is 1. The molecular weight excluding hydrogens is 394 g/mol. The van der Waals surface area contributed by atoms with Gasteiger partial charge in [-0.25, -0.2) is 17.9 Å². The van der Waals surface area contributed by atoms with Gasteiger partial charge in [-0.3, -0.25) is 0 Å². The van der Waals surface area contributed by atoms with Crippen molar-refractivity contribution in [2.24, 2.45) is 0 Å². The van der Waals surface area contributed by atoms with E-state index in [1.54, 1.807) is 19.9 Å². The summed E-state index contributed by atoms with van der Waals surface area (Å²) in [6, 6.07) is 11.9. The van der Waals surface area contributed by atoms with E-state index in [2.05, 4.69) is 14.9 Å². The molecule has 0 bridgehead atoms. The highest BCUT2D eigenvalue weighted by atomic mass is 32.2. The number of rotatable bonds is 7. The minimum Gasteiger partial charge on any atom is -0.454 e. The minimum absolute atomic E-state index is 0.00174. The van der Waals surface area contributed by atoms with Crippen LogP contribution in [0.25, 0.3) is 11.5 Å². The fourth-order valence-corrected chi connectivity index (χ4v) is 3.66. The van der Waals surface area contributed by atoms with Gasteiger partial charge in [0.2, 0.25) is 15.8 Å². The summed E-state index contributed by atoms with van der Waals surface area (Å²) in [5.41, 5.74) is 2.62. The molecule has 0 saturated heterocycles. The average molecular weight is 415 g/mol. The Morgan fingerprint density at radius 3 is 2.55 bits per heavy atom. The first-order chi connectivity index (χ1) is 13.8. The summed E-state index contributed by atoms with van der Waals surface area (Å²) in [7, 11) is -3.68. The fraction of sp³-hybridized carbons (Fsp3) is 0.250. The minimum atomic E-state index is -3.68. The number of sulfonamides is 1. The van der Waals surface area contributed by atoms with E-state index in [1.165, 1.54) is 12.1 Å². The standard InChI is InChI=1S/C20H21N3O5S/c1-4-21-29(25,26)16-10-7-14(3)17(11-16)20(24)27-12-18-22-19(28-23-18)15-8-5-13(2)6-9-15/h5-11,21H,4,12H2,1-3H3. The second-order valence-electron chi connectivity index (χ2n) is 6.44. The van der Waals surface area contributed by atoms with Gasteiger partial charge in [0.1, 0.15) is 0 Å². The first-order valence-corrected chi connectivity index (χ1v) is 10.5. The number of carbonyl (C=O) groups is 1. The van der Waals surface area contributed by atoms with Crippen LogP contribution < -0.4 is 4.72 Å². The Bertz CT molecular complexity index is 1120. The molecule has 0 amide bonds. The predicted molar refractivity (Wildman–Crippen MR) is 106 cm³/mol. The Balaban J connectivity index is 1.72. The van der Waals surface area contributed by atoms with Gasteiger partial charge in [-0.1, -0.05) is 35.8 Å². The number of carbonyl (C=O) groups excluding carboxylic acids is 1. The maximum absolute atomic E-state index is 12.5. The summed E-state index contributed by atoms with van der Waals surface area (Å²) in [5.74, 6) is -0.133. The molecule has 1 heterocycles. The van der Waals surface area contributed by atoms with Crippen LogP contribution in [-0.2, 0) is 21.4 Å². The summed E-state index contributed by atoms with van der Waals surface area (Å²) in [5, 5.41) is 3.81. The van der Waals surface area contributed by atoms with Crippen molar-refractivity contribution in [3.05, 3.63) is 65.0 Å². The van der Waals surface area contributed by atoms with Gasteiger partial charge in [0, 0.05) is 12.1 Å². The lowest BCUT2D eigenvalue weighted by Crippen LogP contribution is -2.23. The number of aryl methyl sites for hydroxylation is 2. The van der Waals surface area contributed by atoms with Gasteiger partial charge in [0.25, 0.3) is 5.89 Å². The molecule has 2 aromatic carbocycles. The molecule has 0 unspecified atom stereocenters. The molecule has 0 fully saturated rings. The van der Waals surface area contributed by atoms with Gasteiger partial charge in [-0.05, 0) is 43.7 Å². The fourth-order valence-electron chi connectivity index (χ4n) is 2.60. The molecule has 29 heavy (non-hydrogen) atoms. The lowest BCUT2D eigenvalue weighted by molar-refractivity contribution is 0.0458. The molecule has 0 spiro atoms. The zero-order valence-corrected chi connectivity index (χ0v) is 17.1. The Morgan fingerprint density at radius 1 is 1.14 bits per heavy atom. The van der Waals surface area contributed by atoms with Crippen molar-refractivity contribution in [3.8, 4) is 11.5 Å². The Morgan fingerprint density at radius 2 is 1.86 bits per heavy atom. The van der Waals surface area contributed by atoms with Crippen LogP contribution in [0.3, 0.4) is 0 Å². The lowest BCUT2D eigenvalue weighted by atomic mass is 10.1. The van der Waals surface area contributed by atoms with E-state index < -0.39 is 16.0 Å². The molecule has 0 saturated carbocycles. The number of esters is 1. The number of benzene rings is 2. The summed E-state index contributed by atoms with van der Waals surface area (Å²) < 4.78 is 37.2. The molecule has 152 valence electrons. The highest BCUT2D eigenvalue weighted by molar-refractivity contribution is 7.89. The third kappa shape index (κ3) is 4.87. The van der Waals surface area contributed by atoms with E-state index >= 15 is 0 Å². The van der Waals surface area contributed by atoms with Crippen molar-refractivity contribution in [3.63, 3.8) is 0 Å². The molecule has 0 aliphatic heterocycles. The van der Waals surface area contributed by atoms with Gasteiger partial charge in [0.15, 0.2) is 6.61 Å². The molecule has 8 nitrogen and oxygen atoms in total. The third-order valence-electron chi connectivity index (χ3n) is 4.17. The number of ether oxygens (including phenoxy) is 1. The maximum atomic E-state index is 12.5. The summed E-state index contributed by atoms with van der Waals surface area (Å²) in [4.78, 5) is 16.7. The highest BCUT2D eigenvalue weighted by Crippen LogP contribution is 2.19. The number of nitrogens with zero attached hydrogens (tertiary/aromatic N) is 2. The summed E-state index contributed by atoms with van der Waals surface area (Å²) in [6.07, 6.45) is 0. The van der Waals surface area contributed by atoms with E-state index in [9.17, 15) is 13.2 Å². The van der Waals surface area contributed by atoms with E-state index in [0.717, 1.165) is 11.1 Å². The van der Waals surface area contributed by atoms with E-state index in [4.69, 9.17) is 9.26 Å². The van der Waals surface area contributed by atoms with Crippen LogP contribution in [0.15, 0.2) is 51.9 Å². The molecular formula is C20H21N3O5S. The molecule has 1 aromatic heterocycles. The number of aromatic nitrogens is 2. The second-order valence-corrected chi connectivity index (χ2v) is 8.20. The zero-order valence-electron chi connectivity index (χ0n) is 16.3. The summed E-state index contributed by atoms with van der Waals surface area (Å²) >= 11 is 0. The van der Waals surface area contributed by atoms with Crippen molar-refractivity contribution in [1.82, 2.24) is 14.9 Å². The first kappa shape index (κ1) is 20.7. The van der Waals surface area contributed by atoms with E-state index in [1.807, 2.05) is 31.2 Å². The van der Waals surface area contributed by atoms with Crippen molar-refractivity contribution in [1.29, 1.82) is 0 Å². The van der Waals surface area contributed by atoms with Crippen LogP contribution in [0.2, 0.25) is 0 Å². The largest absolute Gasteiger partial charge is 0.454 e. The first-order valence-electron chi connectivity index (χ1n) is 8.97. The van der Waals surface area contributed by atoms with Crippen molar-refractivity contribution in [2.75, 3.05) is 6.54 Å². The van der Waals surface area contributed by atoms with E-state index in [-0.39, 0.29) is 29.4 Å². The molecule has 9 heteroatoms. The van der Waals surface area contributed by atoms with E-state index in [0.29, 0.717) is 11.5 Å². The molecule has 1 N–H and O–H groups in total. The predicted octanol–water partition coefficient (Wildman–Crippen LogP) is 3.01. The number of hydrogen-bond donors (Lipinski definition) is 1. The SMILES string of the molecule is CCNS(=O)(=O)c1ccc(C)c(C(=O)OCc2noc(-c3ccc(C)cc3)n2)c1. The highest BCUT2D eigenvalue weighted by Gasteiger charge is 2.19. The van der Waals surface area contributed by atoms with Crippen LogP contribution in [0.5, 0.6) is 0 Å². The quantitative estimate of drug-likeness (QED) is 0.590. The van der Waals surface area contributed by atoms with Gasteiger partial charge >= 0.3 is 5.97 Å². The summed E-state index contributed by atoms with van der Waals surface area (Å²) in [6.45, 7) is 5.40. The molecule has 0 aliphatic rings. The van der Waals surface area contributed by atoms with Crippen LogP contribution in [0.1, 0.15) is 34.2 Å². The molecule has 0 aliphatic carbocycles. The van der Waals surface area contributed by atoms with Crippen LogP contribution >= 0.6 is 0 Å². The average Bonchev–Trinajstić information content (AvgIpc) is 3.16. The smallest absolute Gasteiger partial charge is 0.338 e.